The number of nitrogen functional groups attached to an aromatic ring is 1. The van der Waals surface area contributed by atoms with Gasteiger partial charge in [0.25, 0.3) is 0 Å². The van der Waals surface area contributed by atoms with Crippen LogP contribution in [0.4, 0.5) is 11.5 Å². The fourth-order valence-electron chi connectivity index (χ4n) is 1.59. The number of phenolic OH excluding ortho intramolecular Hbond substituents is 1. The number of hydrogen-bond acceptors (Lipinski definition) is 5. The molecule has 0 spiro atoms. The summed E-state index contributed by atoms with van der Waals surface area (Å²) in [6.07, 6.45) is 3.14. The van der Waals surface area contributed by atoms with Gasteiger partial charge in [-0.3, -0.25) is 4.99 Å². The van der Waals surface area contributed by atoms with Crippen molar-refractivity contribution in [2.75, 3.05) is 12.8 Å². The largest absolute Gasteiger partial charge is 0.504 e. The van der Waals surface area contributed by atoms with Crippen LogP contribution in [0.3, 0.4) is 0 Å². The van der Waals surface area contributed by atoms with Crippen LogP contribution in [0, 0.1) is 6.92 Å². The van der Waals surface area contributed by atoms with E-state index in [1.807, 2.05) is 13.0 Å². The maximum Gasteiger partial charge on any atom is 0.166 e. The number of pyridine rings is 1. The minimum atomic E-state index is 0.0638. The summed E-state index contributed by atoms with van der Waals surface area (Å²) in [4.78, 5) is 8.28. The molecule has 0 aliphatic carbocycles. The van der Waals surface area contributed by atoms with Gasteiger partial charge in [-0.2, -0.15) is 0 Å². The molecular formula is C14H15N3O2. The summed E-state index contributed by atoms with van der Waals surface area (Å²) in [5, 5.41) is 9.91. The molecule has 3 N–H and O–H groups in total. The SMILES string of the molecule is COc1cccc(C=Nc2cnc(N)c(C)c2)c1O. The number of benzene rings is 1. The van der Waals surface area contributed by atoms with Gasteiger partial charge in [0.15, 0.2) is 11.5 Å². The highest BCUT2D eigenvalue weighted by Crippen LogP contribution is 2.28. The monoisotopic (exact) mass is 257 g/mol. The zero-order valence-electron chi connectivity index (χ0n) is 10.8. The number of nitrogens with zero attached hydrogens (tertiary/aromatic N) is 2. The van der Waals surface area contributed by atoms with Crippen molar-refractivity contribution < 1.29 is 9.84 Å². The molecule has 19 heavy (non-hydrogen) atoms. The van der Waals surface area contributed by atoms with Gasteiger partial charge in [0.05, 0.1) is 19.0 Å². The topological polar surface area (TPSA) is 80.7 Å². The molecule has 0 amide bonds. The number of nitrogens with two attached hydrogens (primary N) is 1. The number of aliphatic imine (C=N–C) groups is 1. The smallest absolute Gasteiger partial charge is 0.166 e. The molecule has 0 unspecified atom stereocenters. The third kappa shape index (κ3) is 2.82. The van der Waals surface area contributed by atoms with E-state index in [4.69, 9.17) is 10.5 Å². The molecule has 0 saturated heterocycles. The van der Waals surface area contributed by atoms with E-state index in [2.05, 4.69) is 9.98 Å². The highest BCUT2D eigenvalue weighted by molar-refractivity contribution is 5.86. The molecule has 1 aromatic heterocycles. The second kappa shape index (κ2) is 5.39. The molecule has 0 saturated carbocycles. The van der Waals surface area contributed by atoms with Crippen molar-refractivity contribution >= 4 is 17.7 Å². The van der Waals surface area contributed by atoms with E-state index in [-0.39, 0.29) is 5.75 Å². The summed E-state index contributed by atoms with van der Waals surface area (Å²) >= 11 is 0. The molecular weight excluding hydrogens is 242 g/mol. The van der Waals surface area contributed by atoms with Crippen LogP contribution in [0.15, 0.2) is 35.5 Å². The first kappa shape index (κ1) is 12.9. The molecule has 0 aliphatic rings. The van der Waals surface area contributed by atoms with Crippen molar-refractivity contribution in [1.82, 2.24) is 4.98 Å². The Hall–Kier alpha value is -2.56. The first-order valence-electron chi connectivity index (χ1n) is 5.74. The summed E-state index contributed by atoms with van der Waals surface area (Å²) in [6, 6.07) is 7.04. The van der Waals surface area contributed by atoms with E-state index in [1.54, 1.807) is 30.6 Å². The van der Waals surface area contributed by atoms with Gasteiger partial charge in [0.1, 0.15) is 5.82 Å². The lowest BCUT2D eigenvalue weighted by atomic mass is 10.2. The van der Waals surface area contributed by atoms with Crippen molar-refractivity contribution in [2.45, 2.75) is 6.92 Å². The average molecular weight is 257 g/mol. The van der Waals surface area contributed by atoms with Crippen LogP contribution >= 0.6 is 0 Å². The lowest BCUT2D eigenvalue weighted by Gasteiger charge is -2.05. The quantitative estimate of drug-likeness (QED) is 0.827. The van der Waals surface area contributed by atoms with Crippen molar-refractivity contribution in [3.05, 3.63) is 41.6 Å². The normalized spacial score (nSPS) is 10.8. The highest BCUT2D eigenvalue weighted by Gasteiger charge is 2.04. The number of aromatic nitrogens is 1. The van der Waals surface area contributed by atoms with Gasteiger partial charge in [0, 0.05) is 11.8 Å². The minimum absolute atomic E-state index is 0.0638. The third-order valence-electron chi connectivity index (χ3n) is 2.71. The maximum atomic E-state index is 9.91. The van der Waals surface area contributed by atoms with Crippen molar-refractivity contribution in [3.63, 3.8) is 0 Å². The summed E-state index contributed by atoms with van der Waals surface area (Å²) in [5.41, 5.74) is 7.76. The third-order valence-corrected chi connectivity index (χ3v) is 2.71. The van der Waals surface area contributed by atoms with Gasteiger partial charge < -0.3 is 15.6 Å². The Morgan fingerprint density at radius 3 is 2.89 bits per heavy atom. The summed E-state index contributed by atoms with van der Waals surface area (Å²) in [5.74, 6) is 0.965. The fourth-order valence-corrected chi connectivity index (χ4v) is 1.59. The Kier molecular flexibility index (Phi) is 3.66. The van der Waals surface area contributed by atoms with Crippen LogP contribution in [-0.2, 0) is 0 Å². The molecule has 1 heterocycles. The van der Waals surface area contributed by atoms with E-state index in [9.17, 15) is 5.11 Å². The molecule has 2 rings (SSSR count). The number of rotatable bonds is 3. The van der Waals surface area contributed by atoms with Crippen molar-refractivity contribution in [3.8, 4) is 11.5 Å². The number of ether oxygens (including phenoxy) is 1. The zero-order valence-corrected chi connectivity index (χ0v) is 10.8. The van der Waals surface area contributed by atoms with Crippen LogP contribution in [0.1, 0.15) is 11.1 Å². The van der Waals surface area contributed by atoms with Gasteiger partial charge >= 0.3 is 0 Å². The molecule has 98 valence electrons. The molecule has 5 nitrogen and oxygen atoms in total. The van der Waals surface area contributed by atoms with Crippen LogP contribution in [0.25, 0.3) is 0 Å². The fraction of sp³-hybridized carbons (Fsp3) is 0.143. The van der Waals surface area contributed by atoms with Crippen LogP contribution < -0.4 is 10.5 Å². The molecule has 0 atom stereocenters. The van der Waals surface area contributed by atoms with Gasteiger partial charge in [-0.15, -0.1) is 0 Å². The van der Waals surface area contributed by atoms with E-state index >= 15 is 0 Å². The number of phenols is 1. The molecule has 0 fully saturated rings. The summed E-state index contributed by atoms with van der Waals surface area (Å²) < 4.78 is 5.03. The number of anilines is 1. The van der Waals surface area contributed by atoms with Gasteiger partial charge in [-0.05, 0) is 30.7 Å². The van der Waals surface area contributed by atoms with Crippen molar-refractivity contribution in [1.29, 1.82) is 0 Å². The second-order valence-corrected chi connectivity index (χ2v) is 4.05. The lowest BCUT2D eigenvalue weighted by molar-refractivity contribution is 0.373. The zero-order chi connectivity index (χ0) is 13.8. The highest BCUT2D eigenvalue weighted by atomic mass is 16.5. The Bertz CT molecular complexity index is 624. The molecule has 0 bridgehead atoms. The first-order valence-corrected chi connectivity index (χ1v) is 5.74. The van der Waals surface area contributed by atoms with Crippen LogP contribution in [-0.4, -0.2) is 23.4 Å². The first-order chi connectivity index (χ1) is 9.11. The molecule has 5 heteroatoms. The maximum absolute atomic E-state index is 9.91. The molecule has 0 aliphatic heterocycles. The minimum Gasteiger partial charge on any atom is -0.504 e. The predicted octanol–water partition coefficient (Wildman–Crippen LogP) is 2.44. The molecule has 1 aromatic carbocycles. The van der Waals surface area contributed by atoms with E-state index in [0.717, 1.165) is 5.56 Å². The van der Waals surface area contributed by atoms with Gasteiger partial charge in [-0.1, -0.05) is 6.07 Å². The standard InChI is InChI=1S/C14H15N3O2/c1-9-6-11(8-17-14(9)15)16-7-10-4-3-5-12(19-2)13(10)18/h3-8,18H,1-2H3,(H2,15,17). The van der Waals surface area contributed by atoms with Crippen LogP contribution in [0.2, 0.25) is 0 Å². The number of hydrogen-bond donors (Lipinski definition) is 2. The summed E-state index contributed by atoms with van der Waals surface area (Å²) in [7, 11) is 1.50. The van der Waals surface area contributed by atoms with E-state index in [1.165, 1.54) is 7.11 Å². The number of methoxy groups -OCH3 is 1. The summed E-state index contributed by atoms with van der Waals surface area (Å²) in [6.45, 7) is 1.87. The lowest BCUT2D eigenvalue weighted by Crippen LogP contribution is -1.92. The van der Waals surface area contributed by atoms with Crippen LogP contribution in [0.5, 0.6) is 11.5 Å². The molecule has 0 radical (unpaired) electrons. The van der Waals surface area contributed by atoms with Crippen molar-refractivity contribution in [2.24, 2.45) is 4.99 Å². The van der Waals surface area contributed by atoms with E-state index in [0.29, 0.717) is 22.8 Å². The number of aromatic hydroxyl groups is 1. The predicted molar refractivity (Wildman–Crippen MR) is 75.3 cm³/mol. The van der Waals surface area contributed by atoms with E-state index < -0.39 is 0 Å². The Balaban J connectivity index is 2.30. The van der Waals surface area contributed by atoms with Gasteiger partial charge in [-0.25, -0.2) is 4.98 Å². The Morgan fingerprint density at radius 1 is 1.42 bits per heavy atom. The Morgan fingerprint density at radius 2 is 2.21 bits per heavy atom. The number of aryl methyl sites for hydroxylation is 1. The van der Waals surface area contributed by atoms with Gasteiger partial charge in [0.2, 0.25) is 0 Å². The molecule has 2 aromatic rings. The second-order valence-electron chi connectivity index (χ2n) is 4.05. The number of para-hydroxylation sites is 1. The Labute approximate surface area is 111 Å². The average Bonchev–Trinajstić information content (AvgIpc) is 2.41.